The molecule has 1 aliphatic rings. The molecule has 1 amide bonds. The van der Waals surface area contributed by atoms with Gasteiger partial charge in [0, 0.05) is 25.8 Å². The SMILES string of the molecule is O=C(O)c1nnc(CCCN2C(=O)CCCC2/C=C/[C@H](O)Cc2ccccc2)o1. The number of hydrogen-bond donors (Lipinski definition) is 2. The third kappa shape index (κ3) is 5.99. The van der Waals surface area contributed by atoms with E-state index in [2.05, 4.69) is 10.2 Å². The summed E-state index contributed by atoms with van der Waals surface area (Å²) in [4.78, 5) is 25.0. The number of aromatic carboxylic acids is 1. The summed E-state index contributed by atoms with van der Waals surface area (Å²) in [6, 6.07) is 9.71. The first-order valence-electron chi connectivity index (χ1n) is 9.78. The Morgan fingerprint density at radius 1 is 1.31 bits per heavy atom. The van der Waals surface area contributed by atoms with Crippen LogP contribution in [0.1, 0.15) is 47.8 Å². The molecule has 0 aliphatic carbocycles. The number of amides is 1. The van der Waals surface area contributed by atoms with Gasteiger partial charge in [-0.1, -0.05) is 42.5 Å². The molecule has 1 saturated heterocycles. The topological polar surface area (TPSA) is 117 Å². The summed E-state index contributed by atoms with van der Waals surface area (Å²) in [5.41, 5.74) is 1.06. The number of carbonyl (C=O) groups is 2. The Morgan fingerprint density at radius 2 is 2.10 bits per heavy atom. The largest absolute Gasteiger partial charge is 0.474 e. The highest BCUT2D eigenvalue weighted by atomic mass is 16.4. The van der Waals surface area contributed by atoms with Crippen LogP contribution < -0.4 is 0 Å². The molecule has 2 atom stereocenters. The van der Waals surface area contributed by atoms with Crippen molar-refractivity contribution in [2.75, 3.05) is 6.54 Å². The highest BCUT2D eigenvalue weighted by Crippen LogP contribution is 2.20. The molecule has 8 heteroatoms. The van der Waals surface area contributed by atoms with Crippen molar-refractivity contribution in [2.24, 2.45) is 0 Å². The third-order valence-corrected chi connectivity index (χ3v) is 4.89. The molecule has 8 nitrogen and oxygen atoms in total. The lowest BCUT2D eigenvalue weighted by molar-refractivity contribution is -0.135. The van der Waals surface area contributed by atoms with E-state index in [0.29, 0.717) is 32.2 Å². The van der Waals surface area contributed by atoms with Crippen molar-refractivity contribution in [1.82, 2.24) is 15.1 Å². The van der Waals surface area contributed by atoms with Crippen LogP contribution in [0.5, 0.6) is 0 Å². The van der Waals surface area contributed by atoms with Gasteiger partial charge in [-0.2, -0.15) is 0 Å². The predicted molar refractivity (Wildman–Crippen MR) is 104 cm³/mol. The second-order valence-electron chi connectivity index (χ2n) is 7.10. The van der Waals surface area contributed by atoms with Crippen molar-refractivity contribution in [3.63, 3.8) is 0 Å². The molecule has 1 aromatic heterocycles. The predicted octanol–water partition coefficient (Wildman–Crippen LogP) is 2.24. The lowest BCUT2D eigenvalue weighted by Crippen LogP contribution is -2.43. The van der Waals surface area contributed by atoms with Crippen molar-refractivity contribution in [2.45, 2.75) is 50.7 Å². The van der Waals surface area contributed by atoms with E-state index in [0.717, 1.165) is 18.4 Å². The Hall–Kier alpha value is -3.00. The first-order valence-corrected chi connectivity index (χ1v) is 9.78. The zero-order valence-electron chi connectivity index (χ0n) is 16.1. The van der Waals surface area contributed by atoms with Crippen LogP contribution in [0.2, 0.25) is 0 Å². The molecule has 1 aliphatic heterocycles. The van der Waals surface area contributed by atoms with Crippen LogP contribution in [0.3, 0.4) is 0 Å². The van der Waals surface area contributed by atoms with Crippen LogP contribution in [-0.2, 0) is 17.6 Å². The summed E-state index contributed by atoms with van der Waals surface area (Å²) >= 11 is 0. The van der Waals surface area contributed by atoms with Crippen molar-refractivity contribution in [3.8, 4) is 0 Å². The highest BCUT2D eigenvalue weighted by molar-refractivity contribution is 5.81. The number of piperidine rings is 1. The molecular weight excluding hydrogens is 374 g/mol. The summed E-state index contributed by atoms with van der Waals surface area (Å²) in [7, 11) is 0. The number of carboxylic acid groups (broad SMARTS) is 1. The molecule has 2 N–H and O–H groups in total. The number of nitrogens with zero attached hydrogens (tertiary/aromatic N) is 3. The van der Waals surface area contributed by atoms with E-state index in [1.54, 1.807) is 6.08 Å². The maximum absolute atomic E-state index is 12.4. The van der Waals surface area contributed by atoms with Crippen molar-refractivity contribution < 1.29 is 24.2 Å². The van der Waals surface area contributed by atoms with Gasteiger partial charge in [0.1, 0.15) is 0 Å². The van der Waals surface area contributed by atoms with Crippen LogP contribution >= 0.6 is 0 Å². The molecule has 0 bridgehead atoms. The molecule has 2 aromatic rings. The molecule has 1 unspecified atom stereocenters. The van der Waals surface area contributed by atoms with Crippen LogP contribution in [0.4, 0.5) is 0 Å². The minimum atomic E-state index is -1.26. The molecule has 1 fully saturated rings. The van der Waals surface area contributed by atoms with E-state index < -0.39 is 18.0 Å². The normalized spacial score (nSPS) is 18.3. The monoisotopic (exact) mass is 399 g/mol. The number of rotatable bonds is 9. The second-order valence-corrected chi connectivity index (χ2v) is 7.10. The average molecular weight is 399 g/mol. The van der Waals surface area contributed by atoms with E-state index in [4.69, 9.17) is 9.52 Å². The van der Waals surface area contributed by atoms with E-state index in [9.17, 15) is 14.7 Å². The third-order valence-electron chi connectivity index (χ3n) is 4.89. The van der Waals surface area contributed by atoms with Gasteiger partial charge in [0.15, 0.2) is 0 Å². The fourth-order valence-electron chi connectivity index (χ4n) is 3.46. The maximum atomic E-state index is 12.4. The summed E-state index contributed by atoms with van der Waals surface area (Å²) in [5.74, 6) is -1.35. The van der Waals surface area contributed by atoms with Gasteiger partial charge in [0.25, 0.3) is 0 Å². The van der Waals surface area contributed by atoms with Gasteiger partial charge in [0.2, 0.25) is 11.8 Å². The number of aryl methyl sites for hydroxylation is 1. The lowest BCUT2D eigenvalue weighted by atomic mass is 9.99. The number of aliphatic hydroxyl groups excluding tert-OH is 1. The minimum Gasteiger partial charge on any atom is -0.474 e. The highest BCUT2D eigenvalue weighted by Gasteiger charge is 2.26. The molecule has 0 radical (unpaired) electrons. The number of aliphatic hydroxyl groups is 1. The Kier molecular flexibility index (Phi) is 7.13. The van der Waals surface area contributed by atoms with E-state index in [1.807, 2.05) is 41.3 Å². The fraction of sp³-hybridized carbons (Fsp3) is 0.429. The number of carbonyl (C=O) groups excluding carboxylic acids is 1. The molecular formula is C21H25N3O5. The lowest BCUT2D eigenvalue weighted by Gasteiger charge is -2.34. The Bertz CT molecular complexity index is 849. The summed E-state index contributed by atoms with van der Waals surface area (Å²) in [6.07, 6.45) is 6.78. The van der Waals surface area contributed by atoms with Crippen LogP contribution in [0.15, 0.2) is 46.9 Å². The van der Waals surface area contributed by atoms with Gasteiger partial charge in [0.05, 0.1) is 12.1 Å². The van der Waals surface area contributed by atoms with Crippen molar-refractivity contribution in [1.29, 1.82) is 0 Å². The van der Waals surface area contributed by atoms with Gasteiger partial charge in [-0.3, -0.25) is 4.79 Å². The zero-order valence-corrected chi connectivity index (χ0v) is 16.1. The van der Waals surface area contributed by atoms with Gasteiger partial charge in [-0.15, -0.1) is 10.2 Å². The first kappa shape index (κ1) is 20.7. The Labute approximate surface area is 168 Å². The summed E-state index contributed by atoms with van der Waals surface area (Å²) in [6.45, 7) is 0.507. The maximum Gasteiger partial charge on any atom is 0.393 e. The fourth-order valence-corrected chi connectivity index (χ4v) is 3.46. The summed E-state index contributed by atoms with van der Waals surface area (Å²) < 4.78 is 5.05. The van der Waals surface area contributed by atoms with E-state index in [-0.39, 0.29) is 17.8 Å². The molecule has 0 saturated carbocycles. The Balaban J connectivity index is 1.53. The van der Waals surface area contributed by atoms with Crippen LogP contribution in [-0.4, -0.2) is 55.9 Å². The molecule has 154 valence electrons. The van der Waals surface area contributed by atoms with Gasteiger partial charge < -0.3 is 19.5 Å². The first-order chi connectivity index (χ1) is 14.0. The number of likely N-dealkylation sites (tertiary alicyclic amines) is 1. The quantitative estimate of drug-likeness (QED) is 0.621. The average Bonchev–Trinajstić information content (AvgIpc) is 3.18. The number of hydrogen-bond acceptors (Lipinski definition) is 6. The van der Waals surface area contributed by atoms with Crippen LogP contribution in [0.25, 0.3) is 0 Å². The molecule has 0 spiro atoms. The molecule has 3 rings (SSSR count). The summed E-state index contributed by atoms with van der Waals surface area (Å²) in [5, 5.41) is 26.3. The number of aromatic nitrogens is 2. The molecule has 2 heterocycles. The van der Waals surface area contributed by atoms with Crippen molar-refractivity contribution in [3.05, 3.63) is 59.8 Å². The second kappa shape index (κ2) is 9.97. The van der Waals surface area contributed by atoms with Gasteiger partial charge in [-0.05, 0) is 24.8 Å². The smallest absolute Gasteiger partial charge is 0.393 e. The number of benzene rings is 1. The minimum absolute atomic E-state index is 0.0565. The molecule has 1 aromatic carbocycles. The van der Waals surface area contributed by atoms with E-state index >= 15 is 0 Å². The van der Waals surface area contributed by atoms with E-state index in [1.165, 1.54) is 0 Å². The Morgan fingerprint density at radius 3 is 2.83 bits per heavy atom. The zero-order chi connectivity index (χ0) is 20.6. The standard InChI is InChI=1S/C21H25N3O5/c25-17(14-15-6-2-1-3-7-15)12-11-16-8-4-10-19(26)24(16)13-5-9-18-22-23-20(29-18)21(27)28/h1-3,6-7,11-12,16-17,25H,4-5,8-10,13-14H2,(H,27,28)/b12-11+/t16?,17-/m0/s1. The van der Waals surface area contributed by atoms with Gasteiger partial charge in [-0.25, -0.2) is 4.79 Å². The van der Waals surface area contributed by atoms with Crippen molar-refractivity contribution >= 4 is 11.9 Å². The van der Waals surface area contributed by atoms with Gasteiger partial charge >= 0.3 is 11.9 Å². The number of carboxylic acids is 1. The van der Waals surface area contributed by atoms with Crippen LogP contribution in [0, 0.1) is 0 Å². The molecule has 29 heavy (non-hydrogen) atoms.